The van der Waals surface area contributed by atoms with Gasteiger partial charge in [0.25, 0.3) is 0 Å². The number of allylic oxidation sites excluding steroid dienone is 2. The molecule has 0 spiro atoms. The molecule has 344 valence electrons. The van der Waals surface area contributed by atoms with Gasteiger partial charge in [-0.25, -0.2) is 9.59 Å². The third-order valence-electron chi connectivity index (χ3n) is 9.64. The van der Waals surface area contributed by atoms with Crippen molar-refractivity contribution in [3.8, 4) is 45.6 Å². The zero-order valence-electron chi connectivity index (χ0n) is 35.3. The number of halogens is 6. The number of rotatable bonds is 15. The van der Waals surface area contributed by atoms with E-state index in [1.54, 1.807) is 55.5 Å². The molecule has 0 aliphatic rings. The molecule has 0 aliphatic carbocycles. The van der Waals surface area contributed by atoms with Crippen molar-refractivity contribution in [1.29, 1.82) is 0 Å². The zero-order chi connectivity index (χ0) is 48.6. The number of hydrogen-bond acceptors (Lipinski definition) is 12. The van der Waals surface area contributed by atoms with E-state index in [9.17, 15) is 45.5 Å². The number of esters is 2. The summed E-state index contributed by atoms with van der Waals surface area (Å²) in [6.45, 7) is 1.66. The number of carbonyl (C=O) groups is 4. The smallest absolute Gasteiger partial charge is 0.493 e. The Morgan fingerprint density at radius 1 is 0.522 bits per heavy atom. The van der Waals surface area contributed by atoms with Gasteiger partial charge in [0.15, 0.2) is 34.6 Å². The first-order valence-corrected chi connectivity index (χ1v) is 19.5. The van der Waals surface area contributed by atoms with Gasteiger partial charge in [-0.2, -0.15) is 0 Å². The Bertz CT molecular complexity index is 2910. The van der Waals surface area contributed by atoms with Crippen molar-refractivity contribution in [2.24, 2.45) is 0 Å². The molecule has 6 aromatic rings. The minimum Gasteiger partial charge on any atom is -0.493 e. The van der Waals surface area contributed by atoms with E-state index in [2.05, 4.69) is 9.47 Å². The summed E-state index contributed by atoms with van der Waals surface area (Å²) >= 11 is 0. The lowest BCUT2D eigenvalue weighted by Crippen LogP contribution is -2.18. The minimum atomic E-state index is -4.97. The van der Waals surface area contributed by atoms with E-state index >= 15 is 0 Å². The van der Waals surface area contributed by atoms with E-state index in [4.69, 9.17) is 30.4 Å². The number of alkyl halides is 6. The molecule has 4 N–H and O–H groups in total. The number of carbonyl (C=O) groups excluding carboxylic acids is 4. The second kappa shape index (κ2) is 20.1. The van der Waals surface area contributed by atoms with Crippen LogP contribution in [0.3, 0.4) is 0 Å². The summed E-state index contributed by atoms with van der Waals surface area (Å²) in [6, 6.07) is 26.0. The standard InChI is InChI=1S/C49H36F6N2O10/c1-27-38(57)19-18-36(45(27)40(59)21-9-29-6-15-34(16-7-29)65-47(61)31-11-23-42(44(25-31)63-3)67-49(53,54)55)35-17-12-32(56)26-37(35)39(58)20-8-28-4-13-33(14-5-28)64-46(60)30-10-22-41(43(24-30)62-2)66-48(50,51)52/h4-26H,56-57H2,1-3H3/b20-8+,21-9+. The van der Waals surface area contributed by atoms with Gasteiger partial charge in [0, 0.05) is 22.5 Å². The van der Waals surface area contributed by atoms with Crippen molar-refractivity contribution < 1.29 is 73.9 Å². The highest BCUT2D eigenvalue weighted by Gasteiger charge is 2.34. The van der Waals surface area contributed by atoms with Crippen LogP contribution >= 0.6 is 0 Å². The van der Waals surface area contributed by atoms with Gasteiger partial charge in [0.1, 0.15) is 11.5 Å². The van der Waals surface area contributed by atoms with E-state index in [-0.39, 0.29) is 50.9 Å². The summed E-state index contributed by atoms with van der Waals surface area (Å²) in [5, 5.41) is 0. The average molecular weight is 927 g/mol. The molecule has 0 amide bonds. The number of benzene rings is 6. The van der Waals surface area contributed by atoms with Crippen LogP contribution in [0.5, 0.6) is 34.5 Å². The van der Waals surface area contributed by atoms with Crippen molar-refractivity contribution in [3.05, 3.63) is 166 Å². The zero-order valence-corrected chi connectivity index (χ0v) is 35.3. The molecular formula is C49H36F6N2O10. The third kappa shape index (κ3) is 12.4. The number of ether oxygens (including phenoxy) is 6. The Morgan fingerprint density at radius 3 is 1.42 bits per heavy atom. The lowest BCUT2D eigenvalue weighted by atomic mass is 9.88. The Balaban J connectivity index is 1.15. The quantitative estimate of drug-likeness (QED) is 0.0249. The fourth-order valence-corrected chi connectivity index (χ4v) is 6.42. The number of hydrogen-bond donors (Lipinski definition) is 2. The van der Waals surface area contributed by atoms with Gasteiger partial charge >= 0.3 is 24.7 Å². The normalized spacial score (nSPS) is 11.6. The summed E-state index contributed by atoms with van der Waals surface area (Å²) in [5.74, 6) is -4.45. The molecule has 0 atom stereocenters. The van der Waals surface area contributed by atoms with Gasteiger partial charge in [-0.1, -0.05) is 48.6 Å². The van der Waals surface area contributed by atoms with Crippen molar-refractivity contribution >= 4 is 47.0 Å². The molecule has 0 bridgehead atoms. The maximum absolute atomic E-state index is 13.9. The van der Waals surface area contributed by atoms with E-state index in [0.29, 0.717) is 33.5 Å². The summed E-state index contributed by atoms with van der Waals surface area (Å²) in [6.07, 6.45) is -4.32. The van der Waals surface area contributed by atoms with E-state index in [1.165, 1.54) is 54.6 Å². The van der Waals surface area contributed by atoms with Crippen LogP contribution in [-0.4, -0.2) is 50.4 Å². The van der Waals surface area contributed by atoms with Crippen LogP contribution in [0, 0.1) is 6.92 Å². The summed E-state index contributed by atoms with van der Waals surface area (Å²) in [4.78, 5) is 53.3. The lowest BCUT2D eigenvalue weighted by Gasteiger charge is -2.16. The number of anilines is 2. The van der Waals surface area contributed by atoms with Crippen molar-refractivity contribution in [2.75, 3.05) is 25.7 Å². The average Bonchev–Trinajstić information content (AvgIpc) is 3.28. The van der Waals surface area contributed by atoms with Crippen LogP contribution in [0.25, 0.3) is 23.3 Å². The molecule has 0 heterocycles. The Morgan fingerprint density at radius 2 is 0.970 bits per heavy atom. The SMILES string of the molecule is COc1cc(C(=O)Oc2ccc(/C=C/C(=O)c3cc(N)ccc3-c3ccc(N)c(C)c3C(=O)/C=C/c3ccc(OC(=O)c4ccc(OC(F)(F)F)c(OC)c4)cc3)cc2)ccc1OC(F)(F)F. The highest BCUT2D eigenvalue weighted by atomic mass is 19.4. The predicted octanol–water partition coefficient (Wildman–Crippen LogP) is 10.9. The first kappa shape index (κ1) is 47.9. The molecule has 67 heavy (non-hydrogen) atoms. The third-order valence-corrected chi connectivity index (χ3v) is 9.64. The second-order valence-corrected chi connectivity index (χ2v) is 14.1. The lowest BCUT2D eigenvalue weighted by molar-refractivity contribution is -0.276. The molecule has 0 saturated heterocycles. The fourth-order valence-electron chi connectivity index (χ4n) is 6.42. The molecule has 0 aromatic heterocycles. The van der Waals surface area contributed by atoms with Crippen molar-refractivity contribution in [3.63, 3.8) is 0 Å². The molecule has 0 radical (unpaired) electrons. The van der Waals surface area contributed by atoms with Crippen molar-refractivity contribution in [1.82, 2.24) is 0 Å². The van der Waals surface area contributed by atoms with Crippen LogP contribution in [0.2, 0.25) is 0 Å². The van der Waals surface area contributed by atoms with Crippen LogP contribution < -0.4 is 39.9 Å². The molecule has 6 aromatic carbocycles. The second-order valence-electron chi connectivity index (χ2n) is 14.1. The Labute approximate surface area is 377 Å². The predicted molar refractivity (Wildman–Crippen MR) is 234 cm³/mol. The first-order valence-electron chi connectivity index (χ1n) is 19.5. The van der Waals surface area contributed by atoms with Crippen LogP contribution in [0.15, 0.2) is 127 Å². The molecule has 18 heteroatoms. The van der Waals surface area contributed by atoms with Gasteiger partial charge in [-0.05, 0) is 126 Å². The van der Waals surface area contributed by atoms with Crippen molar-refractivity contribution in [2.45, 2.75) is 19.6 Å². The minimum absolute atomic E-state index is 0.0964. The number of ketones is 2. The highest BCUT2D eigenvalue weighted by Crippen LogP contribution is 2.36. The summed E-state index contributed by atoms with van der Waals surface area (Å²) in [7, 11) is 2.23. The maximum atomic E-state index is 13.9. The van der Waals surface area contributed by atoms with Gasteiger partial charge in [0.05, 0.1) is 25.3 Å². The maximum Gasteiger partial charge on any atom is 0.573 e. The van der Waals surface area contributed by atoms with Crippen LogP contribution in [-0.2, 0) is 0 Å². The number of methoxy groups -OCH3 is 2. The van der Waals surface area contributed by atoms with Crippen LogP contribution in [0.4, 0.5) is 37.7 Å². The first-order chi connectivity index (χ1) is 31.7. The molecule has 0 unspecified atom stereocenters. The number of nitrogen functional groups attached to an aromatic ring is 2. The highest BCUT2D eigenvalue weighted by molar-refractivity contribution is 6.16. The van der Waals surface area contributed by atoms with Gasteiger partial charge in [0.2, 0.25) is 0 Å². The molecule has 12 nitrogen and oxygen atoms in total. The van der Waals surface area contributed by atoms with Gasteiger partial charge < -0.3 is 39.9 Å². The Hall–Kier alpha value is -8.54. The largest absolute Gasteiger partial charge is 0.573 e. The number of nitrogens with two attached hydrogens (primary N) is 2. The molecular weight excluding hydrogens is 891 g/mol. The molecule has 0 fully saturated rings. The Kier molecular flexibility index (Phi) is 14.4. The van der Waals surface area contributed by atoms with E-state index < -0.39 is 47.7 Å². The van der Waals surface area contributed by atoms with Crippen LogP contribution in [0.1, 0.15) is 58.1 Å². The van der Waals surface area contributed by atoms with Gasteiger partial charge in [-0.3, -0.25) is 9.59 Å². The fraction of sp³-hybridized carbons (Fsp3) is 0.102. The molecule has 0 aliphatic heterocycles. The molecule has 0 saturated carbocycles. The van der Waals surface area contributed by atoms with E-state index in [0.717, 1.165) is 50.6 Å². The van der Waals surface area contributed by atoms with Gasteiger partial charge in [-0.15, -0.1) is 26.3 Å². The summed E-state index contributed by atoms with van der Waals surface area (Å²) < 4.78 is 105. The topological polar surface area (TPSA) is 176 Å². The summed E-state index contributed by atoms with van der Waals surface area (Å²) in [5.41, 5.74) is 15.4. The molecule has 6 rings (SSSR count). The van der Waals surface area contributed by atoms with E-state index in [1.807, 2.05) is 0 Å². The monoisotopic (exact) mass is 926 g/mol.